The number of rotatable bonds is 18. The van der Waals surface area contributed by atoms with E-state index in [-0.39, 0.29) is 5.75 Å². The van der Waals surface area contributed by atoms with Gasteiger partial charge in [0.05, 0.1) is 12.4 Å². The van der Waals surface area contributed by atoms with Gasteiger partial charge < -0.3 is 0 Å². The highest BCUT2D eigenvalue weighted by atomic mass is 32.2. The van der Waals surface area contributed by atoms with E-state index < -0.39 is 10.1 Å². The first kappa shape index (κ1) is 23.9. The smallest absolute Gasteiger partial charge is 0.267 e. The Morgan fingerprint density at radius 1 is 0.667 bits per heavy atom. The fraction of sp³-hybridized carbons (Fsp3) is 1.00. The summed E-state index contributed by atoms with van der Waals surface area (Å²) < 4.78 is 27.1. The van der Waals surface area contributed by atoms with E-state index in [0.717, 1.165) is 18.8 Å². The van der Waals surface area contributed by atoms with Gasteiger partial charge in [-0.1, -0.05) is 97.3 Å². The molecule has 0 aromatic carbocycles. The van der Waals surface area contributed by atoms with Crippen molar-refractivity contribution in [2.45, 2.75) is 111 Å². The molecule has 0 saturated heterocycles. The van der Waals surface area contributed by atoms with Crippen molar-refractivity contribution in [3.05, 3.63) is 0 Å². The third kappa shape index (κ3) is 18.3. The van der Waals surface area contributed by atoms with Crippen LogP contribution in [-0.2, 0) is 14.3 Å². The second kappa shape index (κ2) is 16.4. The molecule has 0 heterocycles. The van der Waals surface area contributed by atoms with E-state index in [9.17, 15) is 8.42 Å². The topological polar surface area (TPSA) is 43.4 Å². The van der Waals surface area contributed by atoms with Gasteiger partial charge >= 0.3 is 0 Å². The lowest BCUT2D eigenvalue weighted by Crippen LogP contribution is -2.09. The first-order valence-corrected chi connectivity index (χ1v) is 11.9. The van der Waals surface area contributed by atoms with Gasteiger partial charge in [-0.05, 0) is 19.3 Å². The molecule has 0 bridgehead atoms. The predicted octanol–water partition coefficient (Wildman–Crippen LogP) is 6.47. The van der Waals surface area contributed by atoms with Crippen LogP contribution in [0.3, 0.4) is 0 Å². The molecule has 0 rings (SSSR count). The van der Waals surface area contributed by atoms with Crippen molar-refractivity contribution in [2.75, 3.05) is 12.4 Å². The Kier molecular flexibility index (Phi) is 16.3. The van der Waals surface area contributed by atoms with Gasteiger partial charge in [0.15, 0.2) is 0 Å². The van der Waals surface area contributed by atoms with Gasteiger partial charge in [-0.15, -0.1) is 0 Å². The van der Waals surface area contributed by atoms with Gasteiger partial charge in [0, 0.05) is 0 Å². The standard InChI is InChI=1S/C20H42O3S/c1-4-24(21,22)23-19-17-15-13-11-9-7-5-6-8-10-12-14-16-18-20(2)3/h20H,4-19H2,1-3H3. The number of hydrogen-bond acceptors (Lipinski definition) is 3. The van der Waals surface area contributed by atoms with Gasteiger partial charge in [0.2, 0.25) is 0 Å². The lowest BCUT2D eigenvalue weighted by Gasteiger charge is -2.05. The van der Waals surface area contributed by atoms with E-state index in [1.165, 1.54) is 77.0 Å². The molecule has 24 heavy (non-hydrogen) atoms. The molecule has 0 atom stereocenters. The summed E-state index contributed by atoms with van der Waals surface area (Å²) in [5, 5.41) is 0. The van der Waals surface area contributed by atoms with Gasteiger partial charge in [-0.3, -0.25) is 4.18 Å². The van der Waals surface area contributed by atoms with Crippen molar-refractivity contribution in [1.29, 1.82) is 0 Å². The van der Waals surface area contributed by atoms with E-state index in [1.807, 2.05) is 0 Å². The third-order valence-corrected chi connectivity index (χ3v) is 5.78. The molecule has 0 unspecified atom stereocenters. The molecule has 4 heteroatoms. The van der Waals surface area contributed by atoms with Crippen LogP contribution >= 0.6 is 0 Å². The van der Waals surface area contributed by atoms with Gasteiger partial charge in [0.25, 0.3) is 10.1 Å². The van der Waals surface area contributed by atoms with Crippen LogP contribution in [0.25, 0.3) is 0 Å². The summed E-state index contributed by atoms with van der Waals surface area (Å²) in [7, 11) is -3.24. The second-order valence-corrected chi connectivity index (χ2v) is 9.38. The summed E-state index contributed by atoms with van der Waals surface area (Å²) in [4.78, 5) is 0. The Hall–Kier alpha value is -0.0900. The Morgan fingerprint density at radius 3 is 1.42 bits per heavy atom. The molecule has 0 radical (unpaired) electrons. The second-order valence-electron chi connectivity index (χ2n) is 7.45. The highest BCUT2D eigenvalue weighted by molar-refractivity contribution is 7.86. The van der Waals surface area contributed by atoms with Crippen LogP contribution in [0.2, 0.25) is 0 Å². The van der Waals surface area contributed by atoms with Crippen molar-refractivity contribution in [3.63, 3.8) is 0 Å². The molecular formula is C20H42O3S. The quantitative estimate of drug-likeness (QED) is 0.207. The average molecular weight is 363 g/mol. The summed E-state index contributed by atoms with van der Waals surface area (Å²) in [5.74, 6) is 0.937. The molecule has 0 aliphatic rings. The zero-order valence-corrected chi connectivity index (χ0v) is 17.3. The van der Waals surface area contributed by atoms with E-state index in [0.29, 0.717) is 6.61 Å². The summed E-state index contributed by atoms with van der Waals surface area (Å²) in [6, 6.07) is 0. The maximum absolute atomic E-state index is 11.1. The van der Waals surface area contributed by atoms with Crippen LogP contribution in [0.1, 0.15) is 111 Å². The summed E-state index contributed by atoms with van der Waals surface area (Å²) in [6.45, 7) is 6.59. The lowest BCUT2D eigenvalue weighted by molar-refractivity contribution is 0.307. The minimum atomic E-state index is -3.24. The molecule has 0 aliphatic carbocycles. The summed E-state index contributed by atoms with van der Waals surface area (Å²) in [5.41, 5.74) is 0. The Balaban J connectivity index is 3.10. The summed E-state index contributed by atoms with van der Waals surface area (Å²) in [6.07, 6.45) is 18.3. The maximum Gasteiger partial charge on any atom is 0.267 e. The van der Waals surface area contributed by atoms with Crippen LogP contribution in [0.15, 0.2) is 0 Å². The van der Waals surface area contributed by atoms with Crippen LogP contribution in [0.5, 0.6) is 0 Å². The third-order valence-electron chi connectivity index (χ3n) is 4.54. The SMILES string of the molecule is CCS(=O)(=O)OCCCCCCCCCCCCCCCC(C)C. The highest BCUT2D eigenvalue weighted by Gasteiger charge is 2.05. The Labute approximate surface area is 152 Å². The van der Waals surface area contributed by atoms with Crippen LogP contribution in [0.4, 0.5) is 0 Å². The molecule has 0 N–H and O–H groups in total. The van der Waals surface area contributed by atoms with E-state index in [4.69, 9.17) is 4.18 Å². The van der Waals surface area contributed by atoms with Crippen LogP contribution in [0, 0.1) is 5.92 Å². The molecule has 0 aromatic rings. The average Bonchev–Trinajstić information content (AvgIpc) is 2.54. The van der Waals surface area contributed by atoms with Crippen molar-refractivity contribution in [3.8, 4) is 0 Å². The Bertz CT molecular complexity index is 350. The number of unbranched alkanes of at least 4 members (excludes halogenated alkanes) is 12. The van der Waals surface area contributed by atoms with Crippen LogP contribution in [-0.4, -0.2) is 20.8 Å². The molecule has 0 amide bonds. The largest absolute Gasteiger partial charge is 0.270 e. The lowest BCUT2D eigenvalue weighted by atomic mass is 10.0. The molecule has 0 aromatic heterocycles. The van der Waals surface area contributed by atoms with E-state index in [1.54, 1.807) is 6.92 Å². The minimum absolute atomic E-state index is 0.0744. The van der Waals surface area contributed by atoms with Crippen LogP contribution < -0.4 is 0 Å². The van der Waals surface area contributed by atoms with Crippen molar-refractivity contribution >= 4 is 10.1 Å². The van der Waals surface area contributed by atoms with Crippen molar-refractivity contribution < 1.29 is 12.6 Å². The molecule has 0 saturated carbocycles. The minimum Gasteiger partial charge on any atom is -0.270 e. The molecule has 0 spiro atoms. The number of hydrogen-bond donors (Lipinski definition) is 0. The summed E-state index contributed by atoms with van der Waals surface area (Å²) >= 11 is 0. The van der Waals surface area contributed by atoms with Gasteiger partial charge in [-0.25, -0.2) is 0 Å². The van der Waals surface area contributed by atoms with Crippen molar-refractivity contribution in [1.82, 2.24) is 0 Å². The monoisotopic (exact) mass is 362 g/mol. The Morgan fingerprint density at radius 2 is 1.04 bits per heavy atom. The highest BCUT2D eigenvalue weighted by Crippen LogP contribution is 2.14. The molecule has 146 valence electrons. The predicted molar refractivity (Wildman–Crippen MR) is 105 cm³/mol. The first-order valence-electron chi connectivity index (χ1n) is 10.3. The molecule has 0 fully saturated rings. The normalized spacial score (nSPS) is 12.2. The fourth-order valence-electron chi connectivity index (χ4n) is 2.87. The van der Waals surface area contributed by atoms with E-state index >= 15 is 0 Å². The van der Waals surface area contributed by atoms with E-state index in [2.05, 4.69) is 13.8 Å². The fourth-order valence-corrected chi connectivity index (χ4v) is 3.41. The van der Waals surface area contributed by atoms with Gasteiger partial charge in [0.1, 0.15) is 0 Å². The zero-order chi connectivity index (χ0) is 18.1. The van der Waals surface area contributed by atoms with Crippen molar-refractivity contribution in [2.24, 2.45) is 5.92 Å². The molecule has 0 aliphatic heterocycles. The van der Waals surface area contributed by atoms with Gasteiger partial charge in [-0.2, -0.15) is 8.42 Å². The maximum atomic E-state index is 11.1. The zero-order valence-electron chi connectivity index (χ0n) is 16.5. The molecular weight excluding hydrogens is 320 g/mol. The first-order chi connectivity index (χ1) is 11.5. The molecule has 3 nitrogen and oxygen atoms in total.